The van der Waals surface area contributed by atoms with E-state index in [4.69, 9.17) is 0 Å². The Kier molecular flexibility index (Phi) is 3.56. The van der Waals surface area contributed by atoms with Crippen molar-refractivity contribution >= 4 is 10.8 Å². The van der Waals surface area contributed by atoms with Crippen LogP contribution in [0.3, 0.4) is 0 Å². The summed E-state index contributed by atoms with van der Waals surface area (Å²) in [6.07, 6.45) is 1.10. The van der Waals surface area contributed by atoms with Crippen LogP contribution in [0.25, 0.3) is 10.8 Å². The molecule has 1 atom stereocenters. The summed E-state index contributed by atoms with van der Waals surface area (Å²) in [5.74, 6) is 0.544. The summed E-state index contributed by atoms with van der Waals surface area (Å²) < 4.78 is 0. The topological polar surface area (TPSA) is 0 Å². The Bertz CT molecular complexity index is 710. The zero-order chi connectivity index (χ0) is 13.9. The van der Waals surface area contributed by atoms with E-state index < -0.39 is 0 Å². The summed E-state index contributed by atoms with van der Waals surface area (Å²) in [4.78, 5) is 0. The van der Waals surface area contributed by atoms with E-state index in [1.807, 2.05) is 0 Å². The molecule has 0 N–H and O–H groups in total. The monoisotopic (exact) mass is 260 g/mol. The number of hydrogen-bond acceptors (Lipinski definition) is 0. The molecule has 0 saturated carbocycles. The highest BCUT2D eigenvalue weighted by Gasteiger charge is 2.11. The van der Waals surface area contributed by atoms with E-state index in [-0.39, 0.29) is 0 Å². The second kappa shape index (κ2) is 5.50. The Hall–Kier alpha value is -2.08. The van der Waals surface area contributed by atoms with Crippen LogP contribution in [0.15, 0.2) is 66.7 Å². The molecular formula is C20H20. The summed E-state index contributed by atoms with van der Waals surface area (Å²) >= 11 is 0. The SMILES string of the molecule is Cc1c([C@H](C)Cc2ccccc2)ccc2ccccc12. The molecule has 3 rings (SSSR count). The first-order chi connectivity index (χ1) is 9.75. The molecule has 0 spiro atoms. The molecule has 0 aliphatic carbocycles. The van der Waals surface area contributed by atoms with Crippen LogP contribution in [-0.2, 0) is 6.42 Å². The van der Waals surface area contributed by atoms with Crippen LogP contribution in [0.1, 0.15) is 29.5 Å². The first-order valence-corrected chi connectivity index (χ1v) is 7.28. The molecule has 0 aliphatic rings. The third-order valence-corrected chi connectivity index (χ3v) is 4.16. The van der Waals surface area contributed by atoms with E-state index in [1.54, 1.807) is 0 Å². The molecule has 0 amide bonds. The molecule has 3 aromatic carbocycles. The lowest BCUT2D eigenvalue weighted by atomic mass is 9.88. The third kappa shape index (κ3) is 2.46. The molecule has 0 heteroatoms. The standard InChI is InChI=1S/C20H20/c1-15(14-17-8-4-3-5-9-17)19-13-12-18-10-6-7-11-20(18)16(19)2/h3-13,15H,14H2,1-2H3/t15-/m1/s1. The van der Waals surface area contributed by atoms with Crippen molar-refractivity contribution in [3.63, 3.8) is 0 Å². The fraction of sp³-hybridized carbons (Fsp3) is 0.200. The van der Waals surface area contributed by atoms with Crippen molar-refractivity contribution in [2.24, 2.45) is 0 Å². The van der Waals surface area contributed by atoms with Crippen molar-refractivity contribution in [1.82, 2.24) is 0 Å². The van der Waals surface area contributed by atoms with Crippen molar-refractivity contribution in [3.8, 4) is 0 Å². The van der Waals surface area contributed by atoms with E-state index in [9.17, 15) is 0 Å². The summed E-state index contributed by atoms with van der Waals surface area (Å²) in [5, 5.41) is 2.71. The molecule has 0 bridgehead atoms. The van der Waals surface area contributed by atoms with Gasteiger partial charge in [-0.2, -0.15) is 0 Å². The zero-order valence-electron chi connectivity index (χ0n) is 12.1. The van der Waals surface area contributed by atoms with Gasteiger partial charge in [-0.3, -0.25) is 0 Å². The van der Waals surface area contributed by atoms with Gasteiger partial charge in [0.15, 0.2) is 0 Å². The first-order valence-electron chi connectivity index (χ1n) is 7.28. The maximum absolute atomic E-state index is 2.32. The van der Waals surface area contributed by atoms with E-state index in [0.29, 0.717) is 5.92 Å². The van der Waals surface area contributed by atoms with Crippen LogP contribution in [-0.4, -0.2) is 0 Å². The lowest BCUT2D eigenvalue weighted by molar-refractivity contribution is 0.755. The van der Waals surface area contributed by atoms with Gasteiger partial charge in [-0.15, -0.1) is 0 Å². The average molecular weight is 260 g/mol. The lowest BCUT2D eigenvalue weighted by Crippen LogP contribution is -2.01. The average Bonchev–Trinajstić information content (AvgIpc) is 2.49. The molecule has 20 heavy (non-hydrogen) atoms. The van der Waals surface area contributed by atoms with Crippen molar-refractivity contribution in [1.29, 1.82) is 0 Å². The van der Waals surface area contributed by atoms with Crippen molar-refractivity contribution < 1.29 is 0 Å². The molecule has 0 fully saturated rings. The van der Waals surface area contributed by atoms with E-state index in [1.165, 1.54) is 27.5 Å². The molecule has 3 aromatic rings. The van der Waals surface area contributed by atoms with Crippen LogP contribution >= 0.6 is 0 Å². The minimum absolute atomic E-state index is 0.544. The van der Waals surface area contributed by atoms with E-state index >= 15 is 0 Å². The number of rotatable bonds is 3. The maximum atomic E-state index is 2.32. The highest BCUT2D eigenvalue weighted by Crippen LogP contribution is 2.29. The van der Waals surface area contributed by atoms with Gasteiger partial charge in [0.05, 0.1) is 0 Å². The Balaban J connectivity index is 1.95. The lowest BCUT2D eigenvalue weighted by Gasteiger charge is -2.16. The van der Waals surface area contributed by atoms with Gasteiger partial charge < -0.3 is 0 Å². The van der Waals surface area contributed by atoms with Crippen LogP contribution in [0.5, 0.6) is 0 Å². The van der Waals surface area contributed by atoms with Crippen molar-refractivity contribution in [3.05, 3.63) is 83.4 Å². The smallest absolute Gasteiger partial charge is 0.0147 e. The number of benzene rings is 3. The minimum Gasteiger partial charge on any atom is -0.0622 e. The highest BCUT2D eigenvalue weighted by atomic mass is 14.2. The summed E-state index contributed by atoms with van der Waals surface area (Å²) in [6, 6.07) is 23.9. The maximum Gasteiger partial charge on any atom is -0.0147 e. The quantitative estimate of drug-likeness (QED) is 0.583. The van der Waals surface area contributed by atoms with Gasteiger partial charge in [0.1, 0.15) is 0 Å². The van der Waals surface area contributed by atoms with Crippen LogP contribution in [0.2, 0.25) is 0 Å². The number of hydrogen-bond donors (Lipinski definition) is 0. The van der Waals surface area contributed by atoms with Gasteiger partial charge in [0.25, 0.3) is 0 Å². The van der Waals surface area contributed by atoms with Crippen LogP contribution in [0, 0.1) is 6.92 Å². The Morgan fingerprint density at radius 3 is 2.30 bits per heavy atom. The zero-order valence-corrected chi connectivity index (χ0v) is 12.1. The van der Waals surface area contributed by atoms with Crippen LogP contribution < -0.4 is 0 Å². The van der Waals surface area contributed by atoms with Gasteiger partial charge in [-0.05, 0) is 46.7 Å². The fourth-order valence-corrected chi connectivity index (χ4v) is 3.06. The normalized spacial score (nSPS) is 12.5. The summed E-state index contributed by atoms with van der Waals surface area (Å²) in [7, 11) is 0. The predicted molar refractivity (Wildman–Crippen MR) is 87.2 cm³/mol. The first kappa shape index (κ1) is 12.9. The molecule has 100 valence electrons. The molecule has 0 heterocycles. The molecule has 0 saturated heterocycles. The van der Waals surface area contributed by atoms with Gasteiger partial charge in [-0.25, -0.2) is 0 Å². The second-order valence-electron chi connectivity index (χ2n) is 5.59. The molecule has 0 aliphatic heterocycles. The largest absolute Gasteiger partial charge is 0.0622 e. The van der Waals surface area contributed by atoms with Crippen molar-refractivity contribution in [2.45, 2.75) is 26.2 Å². The summed E-state index contributed by atoms with van der Waals surface area (Å²) in [5.41, 5.74) is 4.30. The Morgan fingerprint density at radius 1 is 0.800 bits per heavy atom. The van der Waals surface area contributed by atoms with Gasteiger partial charge in [-0.1, -0.05) is 73.7 Å². The summed E-state index contributed by atoms with van der Waals surface area (Å²) in [6.45, 7) is 4.57. The Morgan fingerprint density at radius 2 is 1.50 bits per heavy atom. The van der Waals surface area contributed by atoms with Crippen molar-refractivity contribution in [2.75, 3.05) is 0 Å². The third-order valence-electron chi connectivity index (χ3n) is 4.16. The number of aryl methyl sites for hydroxylation is 1. The molecule has 0 radical (unpaired) electrons. The minimum atomic E-state index is 0.544. The Labute approximate surface area is 121 Å². The molecule has 0 unspecified atom stereocenters. The molecule has 0 aromatic heterocycles. The molecule has 0 nitrogen and oxygen atoms in total. The van der Waals surface area contributed by atoms with Gasteiger partial charge in [0.2, 0.25) is 0 Å². The van der Waals surface area contributed by atoms with Crippen LogP contribution in [0.4, 0.5) is 0 Å². The molecular weight excluding hydrogens is 240 g/mol. The van der Waals surface area contributed by atoms with Gasteiger partial charge >= 0.3 is 0 Å². The predicted octanol–water partition coefficient (Wildman–Crippen LogP) is 5.49. The van der Waals surface area contributed by atoms with E-state index in [2.05, 4.69) is 80.6 Å². The number of fused-ring (bicyclic) bond motifs is 1. The van der Waals surface area contributed by atoms with E-state index in [0.717, 1.165) is 6.42 Å². The highest BCUT2D eigenvalue weighted by molar-refractivity contribution is 5.86. The second-order valence-corrected chi connectivity index (χ2v) is 5.59. The van der Waals surface area contributed by atoms with Gasteiger partial charge in [0, 0.05) is 0 Å². The fourth-order valence-electron chi connectivity index (χ4n) is 3.06.